The van der Waals surface area contributed by atoms with Crippen molar-refractivity contribution >= 4 is 11.4 Å². The summed E-state index contributed by atoms with van der Waals surface area (Å²) in [4.78, 5) is 13.0. The third-order valence-electron chi connectivity index (χ3n) is 3.33. The van der Waals surface area contributed by atoms with Crippen LogP contribution in [0.4, 0.5) is 11.4 Å². The number of hydrogen-bond acceptors (Lipinski definition) is 4. The van der Waals surface area contributed by atoms with Gasteiger partial charge in [0, 0.05) is 19.2 Å². The van der Waals surface area contributed by atoms with Crippen molar-refractivity contribution in [1.82, 2.24) is 0 Å². The van der Waals surface area contributed by atoms with Crippen molar-refractivity contribution in [3.63, 3.8) is 0 Å². The summed E-state index contributed by atoms with van der Waals surface area (Å²) in [6.07, 6.45) is 0.936. The van der Waals surface area contributed by atoms with Gasteiger partial charge in [-0.25, -0.2) is 0 Å². The van der Waals surface area contributed by atoms with Crippen LogP contribution in [0.15, 0.2) is 18.2 Å². The van der Waals surface area contributed by atoms with Crippen LogP contribution in [-0.2, 0) is 0 Å². The lowest BCUT2D eigenvalue weighted by molar-refractivity contribution is -0.384. The van der Waals surface area contributed by atoms with Crippen LogP contribution in [0.2, 0.25) is 0 Å². The summed E-state index contributed by atoms with van der Waals surface area (Å²) in [5.74, 6) is 0. The highest BCUT2D eigenvalue weighted by Crippen LogP contribution is 2.31. The Kier molecular flexibility index (Phi) is 5.51. The highest BCUT2D eigenvalue weighted by Gasteiger charge is 2.25. The van der Waals surface area contributed by atoms with Crippen molar-refractivity contribution in [2.75, 3.05) is 24.5 Å². The molecule has 0 spiro atoms. The second-order valence-electron chi connectivity index (χ2n) is 6.04. The van der Waals surface area contributed by atoms with E-state index in [2.05, 4.69) is 25.7 Å². The van der Waals surface area contributed by atoms with E-state index >= 15 is 0 Å². The van der Waals surface area contributed by atoms with Gasteiger partial charge in [-0.05, 0) is 36.9 Å². The Morgan fingerprint density at radius 1 is 1.40 bits per heavy atom. The fourth-order valence-electron chi connectivity index (χ4n) is 2.18. The predicted octanol–water partition coefficient (Wildman–Crippen LogP) is 3.10. The zero-order valence-corrected chi connectivity index (χ0v) is 12.8. The Bertz CT molecular complexity index is 472. The summed E-state index contributed by atoms with van der Waals surface area (Å²) in [6, 6.07) is 5.25. The van der Waals surface area contributed by atoms with Gasteiger partial charge in [-0.1, -0.05) is 26.8 Å². The molecule has 0 amide bonds. The summed E-state index contributed by atoms with van der Waals surface area (Å²) in [5.41, 5.74) is 7.60. The minimum atomic E-state index is -0.313. The van der Waals surface area contributed by atoms with E-state index in [1.165, 1.54) is 0 Å². The van der Waals surface area contributed by atoms with E-state index in [-0.39, 0.29) is 16.0 Å². The molecule has 0 bridgehead atoms. The molecular formula is C15H25N3O2. The van der Waals surface area contributed by atoms with Gasteiger partial charge in [0.2, 0.25) is 0 Å². The van der Waals surface area contributed by atoms with Crippen LogP contribution in [0.25, 0.3) is 0 Å². The zero-order chi connectivity index (χ0) is 15.3. The van der Waals surface area contributed by atoms with Crippen molar-refractivity contribution < 1.29 is 4.92 Å². The van der Waals surface area contributed by atoms with Crippen molar-refractivity contribution in [2.45, 2.75) is 34.1 Å². The zero-order valence-electron chi connectivity index (χ0n) is 12.8. The molecule has 0 saturated carbocycles. The molecule has 5 nitrogen and oxygen atoms in total. The van der Waals surface area contributed by atoms with Gasteiger partial charge in [-0.2, -0.15) is 0 Å². The van der Waals surface area contributed by atoms with E-state index in [9.17, 15) is 10.1 Å². The van der Waals surface area contributed by atoms with Crippen molar-refractivity contribution in [1.29, 1.82) is 0 Å². The van der Waals surface area contributed by atoms with Crippen LogP contribution in [-0.4, -0.2) is 24.6 Å². The molecule has 1 aromatic carbocycles. The van der Waals surface area contributed by atoms with Gasteiger partial charge >= 0.3 is 0 Å². The Balaban J connectivity index is 3.20. The summed E-state index contributed by atoms with van der Waals surface area (Å²) in [5, 5.41) is 11.2. The molecular weight excluding hydrogens is 254 g/mol. The average molecular weight is 279 g/mol. The molecule has 0 unspecified atom stereocenters. The maximum Gasteiger partial charge on any atom is 0.292 e. The number of nitrogens with two attached hydrogens (primary N) is 1. The van der Waals surface area contributed by atoms with E-state index in [4.69, 9.17) is 5.73 Å². The maximum atomic E-state index is 11.2. The lowest BCUT2D eigenvalue weighted by atomic mass is 9.92. The molecule has 0 aromatic heterocycles. The number of benzene rings is 1. The van der Waals surface area contributed by atoms with E-state index < -0.39 is 0 Å². The topological polar surface area (TPSA) is 72.4 Å². The Hall–Kier alpha value is -1.62. The number of nitrogens with zero attached hydrogens (tertiary/aromatic N) is 2. The maximum absolute atomic E-state index is 11.2. The average Bonchev–Trinajstić information content (AvgIpc) is 2.37. The molecule has 0 aliphatic rings. The predicted molar refractivity (Wildman–Crippen MR) is 83.2 cm³/mol. The molecule has 5 heteroatoms. The molecule has 0 atom stereocenters. The minimum absolute atomic E-state index is 0.0766. The van der Waals surface area contributed by atoms with Gasteiger partial charge in [0.1, 0.15) is 5.69 Å². The third-order valence-corrected chi connectivity index (χ3v) is 3.33. The molecule has 0 aliphatic heterocycles. The van der Waals surface area contributed by atoms with Gasteiger partial charge in [0.05, 0.1) is 4.92 Å². The van der Waals surface area contributed by atoms with E-state index in [0.29, 0.717) is 18.8 Å². The molecule has 20 heavy (non-hydrogen) atoms. The van der Waals surface area contributed by atoms with E-state index in [1.54, 1.807) is 12.1 Å². The third kappa shape index (κ3) is 4.20. The molecule has 0 radical (unpaired) electrons. The van der Waals surface area contributed by atoms with Crippen LogP contribution in [0.3, 0.4) is 0 Å². The first-order valence-electron chi connectivity index (χ1n) is 7.01. The van der Waals surface area contributed by atoms with Crippen molar-refractivity contribution in [2.24, 2.45) is 11.1 Å². The molecule has 1 rings (SSSR count). The molecule has 112 valence electrons. The normalized spacial score (nSPS) is 11.4. The van der Waals surface area contributed by atoms with Crippen molar-refractivity contribution in [3.05, 3.63) is 33.9 Å². The number of aryl methyl sites for hydroxylation is 1. The first-order chi connectivity index (χ1) is 9.30. The summed E-state index contributed by atoms with van der Waals surface area (Å²) in [7, 11) is 0. The van der Waals surface area contributed by atoms with E-state index in [1.807, 2.05) is 13.0 Å². The highest BCUT2D eigenvalue weighted by atomic mass is 16.6. The lowest BCUT2D eigenvalue weighted by Crippen LogP contribution is -2.39. The summed E-state index contributed by atoms with van der Waals surface area (Å²) >= 11 is 0. The first-order valence-corrected chi connectivity index (χ1v) is 7.01. The minimum Gasteiger partial charge on any atom is -0.365 e. The van der Waals surface area contributed by atoms with Crippen LogP contribution in [0, 0.1) is 22.5 Å². The van der Waals surface area contributed by atoms with Crippen LogP contribution in [0.5, 0.6) is 0 Å². The van der Waals surface area contributed by atoms with Gasteiger partial charge < -0.3 is 10.6 Å². The van der Waals surface area contributed by atoms with E-state index in [0.717, 1.165) is 18.5 Å². The van der Waals surface area contributed by atoms with Crippen molar-refractivity contribution in [3.8, 4) is 0 Å². The van der Waals surface area contributed by atoms with Gasteiger partial charge in [0.25, 0.3) is 5.69 Å². The molecule has 0 fully saturated rings. The second kappa shape index (κ2) is 6.70. The van der Waals surface area contributed by atoms with Gasteiger partial charge in [0.15, 0.2) is 0 Å². The molecule has 0 aliphatic carbocycles. The fraction of sp³-hybridized carbons (Fsp3) is 0.600. The monoisotopic (exact) mass is 279 g/mol. The SMILES string of the molecule is CCCN(CC(C)(C)CN)c1cc(C)ccc1[N+](=O)[O-]. The first kappa shape index (κ1) is 16.4. The number of hydrogen-bond donors (Lipinski definition) is 1. The van der Waals surface area contributed by atoms with Crippen LogP contribution in [0.1, 0.15) is 32.8 Å². The molecule has 1 aromatic rings. The van der Waals surface area contributed by atoms with Crippen LogP contribution >= 0.6 is 0 Å². The molecule has 0 saturated heterocycles. The fourth-order valence-corrected chi connectivity index (χ4v) is 2.18. The Morgan fingerprint density at radius 3 is 2.55 bits per heavy atom. The molecule has 2 N–H and O–H groups in total. The number of nitro benzene ring substituents is 1. The summed E-state index contributed by atoms with van der Waals surface area (Å²) < 4.78 is 0. The number of rotatable bonds is 7. The van der Waals surface area contributed by atoms with Gasteiger partial charge in [-0.3, -0.25) is 10.1 Å². The second-order valence-corrected chi connectivity index (χ2v) is 6.04. The Labute approximate surface area is 120 Å². The summed E-state index contributed by atoms with van der Waals surface area (Å²) in [6.45, 7) is 10.2. The number of nitro groups is 1. The van der Waals surface area contributed by atoms with Gasteiger partial charge in [-0.15, -0.1) is 0 Å². The standard InChI is InChI=1S/C15H25N3O2/c1-5-8-17(11-15(3,4)10-16)14-9-12(2)6-7-13(14)18(19)20/h6-7,9H,5,8,10-11,16H2,1-4H3. The number of anilines is 1. The Morgan fingerprint density at radius 2 is 2.05 bits per heavy atom. The highest BCUT2D eigenvalue weighted by molar-refractivity contribution is 5.64. The smallest absolute Gasteiger partial charge is 0.292 e. The molecule has 0 heterocycles. The largest absolute Gasteiger partial charge is 0.365 e. The lowest BCUT2D eigenvalue weighted by Gasteiger charge is -2.33. The quantitative estimate of drug-likeness (QED) is 0.615. The van der Waals surface area contributed by atoms with Crippen LogP contribution < -0.4 is 10.6 Å².